The molecular weight excluding hydrogens is 270 g/mol. The van der Waals surface area contributed by atoms with Gasteiger partial charge in [0.2, 0.25) is 5.91 Å². The van der Waals surface area contributed by atoms with Crippen LogP contribution in [0.1, 0.15) is 12.8 Å². The zero-order chi connectivity index (χ0) is 15.1. The minimum absolute atomic E-state index is 0.0438. The van der Waals surface area contributed by atoms with Crippen molar-refractivity contribution in [1.29, 1.82) is 0 Å². The van der Waals surface area contributed by atoms with Gasteiger partial charge in [-0.3, -0.25) is 4.79 Å². The number of nitrogens with one attached hydrogen (secondary N) is 1. The Kier molecular flexibility index (Phi) is 5.57. The van der Waals surface area contributed by atoms with Gasteiger partial charge in [-0.05, 0) is 25.0 Å². The highest BCUT2D eigenvalue weighted by molar-refractivity contribution is 5.80. The van der Waals surface area contributed by atoms with Gasteiger partial charge in [0.05, 0.1) is 5.92 Å². The number of benzene rings is 1. The Labute approximate surface area is 124 Å². The Balaban J connectivity index is 1.88. The van der Waals surface area contributed by atoms with E-state index in [4.69, 9.17) is 10.5 Å². The van der Waals surface area contributed by atoms with Gasteiger partial charge in [0.15, 0.2) is 0 Å². The number of rotatable bonds is 4. The molecule has 1 saturated heterocycles. The summed E-state index contributed by atoms with van der Waals surface area (Å²) in [5.74, 6) is 0.281. The molecule has 1 aliphatic rings. The van der Waals surface area contributed by atoms with Gasteiger partial charge in [-0.25, -0.2) is 4.79 Å². The molecule has 0 saturated carbocycles. The van der Waals surface area contributed by atoms with Gasteiger partial charge in [-0.1, -0.05) is 18.2 Å². The second-order valence-electron chi connectivity index (χ2n) is 5.05. The smallest absolute Gasteiger partial charge is 0.410 e. The van der Waals surface area contributed by atoms with Crippen LogP contribution in [0.25, 0.3) is 0 Å². The molecule has 3 N–H and O–H groups in total. The van der Waals surface area contributed by atoms with E-state index in [1.54, 1.807) is 17.0 Å². The quantitative estimate of drug-likeness (QED) is 0.865. The van der Waals surface area contributed by atoms with Crippen molar-refractivity contribution < 1.29 is 14.3 Å². The molecule has 2 amide bonds. The van der Waals surface area contributed by atoms with E-state index in [0.717, 1.165) is 12.8 Å². The van der Waals surface area contributed by atoms with Gasteiger partial charge in [-0.2, -0.15) is 0 Å². The SMILES string of the molecule is NCCNC(=O)C1CCCN(C(=O)Oc2ccccc2)C1. The number of hydrogen-bond acceptors (Lipinski definition) is 4. The molecule has 6 heteroatoms. The van der Waals surface area contributed by atoms with Crippen molar-refractivity contribution in [2.24, 2.45) is 11.7 Å². The molecule has 1 unspecified atom stereocenters. The number of likely N-dealkylation sites (tertiary alicyclic amines) is 1. The molecule has 2 rings (SSSR count). The molecular formula is C15H21N3O3. The van der Waals surface area contributed by atoms with Crippen molar-refractivity contribution in [2.75, 3.05) is 26.2 Å². The van der Waals surface area contributed by atoms with E-state index in [1.165, 1.54) is 0 Å². The number of carbonyl (C=O) groups excluding carboxylic acids is 2. The van der Waals surface area contributed by atoms with E-state index in [2.05, 4.69) is 5.32 Å². The highest BCUT2D eigenvalue weighted by Gasteiger charge is 2.29. The molecule has 1 aliphatic heterocycles. The first-order valence-electron chi connectivity index (χ1n) is 7.20. The molecule has 6 nitrogen and oxygen atoms in total. The number of nitrogens with zero attached hydrogens (tertiary/aromatic N) is 1. The normalized spacial score (nSPS) is 18.1. The molecule has 0 radical (unpaired) electrons. The van der Waals surface area contributed by atoms with Crippen LogP contribution in [0.5, 0.6) is 5.75 Å². The standard InChI is InChI=1S/C15H21N3O3/c16-8-9-17-14(19)12-5-4-10-18(11-12)15(20)21-13-6-2-1-3-7-13/h1-3,6-7,12H,4-5,8-11,16H2,(H,17,19). The fourth-order valence-electron chi connectivity index (χ4n) is 2.35. The predicted octanol–water partition coefficient (Wildman–Crippen LogP) is 0.972. The van der Waals surface area contributed by atoms with E-state index in [-0.39, 0.29) is 11.8 Å². The first-order valence-corrected chi connectivity index (χ1v) is 7.20. The van der Waals surface area contributed by atoms with Crippen LogP contribution in [-0.2, 0) is 4.79 Å². The van der Waals surface area contributed by atoms with Crippen molar-refractivity contribution in [3.63, 3.8) is 0 Å². The number of carbonyl (C=O) groups is 2. The summed E-state index contributed by atoms with van der Waals surface area (Å²) in [4.78, 5) is 25.6. The van der Waals surface area contributed by atoms with Crippen molar-refractivity contribution in [1.82, 2.24) is 10.2 Å². The molecule has 1 aromatic rings. The summed E-state index contributed by atoms with van der Waals surface area (Å²) in [5, 5.41) is 2.77. The molecule has 0 bridgehead atoms. The van der Waals surface area contributed by atoms with Crippen LogP contribution in [0.4, 0.5) is 4.79 Å². The number of piperidine rings is 1. The third-order valence-corrected chi connectivity index (χ3v) is 3.44. The van der Waals surface area contributed by atoms with Crippen LogP contribution in [0.3, 0.4) is 0 Å². The van der Waals surface area contributed by atoms with Crippen molar-refractivity contribution in [2.45, 2.75) is 12.8 Å². The lowest BCUT2D eigenvalue weighted by Crippen LogP contribution is -2.47. The number of hydrogen-bond donors (Lipinski definition) is 2. The largest absolute Gasteiger partial charge is 0.415 e. The van der Waals surface area contributed by atoms with Crippen molar-refractivity contribution in [3.05, 3.63) is 30.3 Å². The average Bonchev–Trinajstić information content (AvgIpc) is 2.53. The van der Waals surface area contributed by atoms with E-state index in [1.807, 2.05) is 18.2 Å². The average molecular weight is 291 g/mol. The molecule has 0 aromatic heterocycles. The summed E-state index contributed by atoms with van der Waals surface area (Å²) in [7, 11) is 0. The Hall–Kier alpha value is -2.08. The maximum Gasteiger partial charge on any atom is 0.415 e. The monoisotopic (exact) mass is 291 g/mol. The van der Waals surface area contributed by atoms with Gasteiger partial charge in [-0.15, -0.1) is 0 Å². The molecule has 1 fully saturated rings. The molecule has 114 valence electrons. The van der Waals surface area contributed by atoms with E-state index >= 15 is 0 Å². The second-order valence-corrected chi connectivity index (χ2v) is 5.05. The summed E-state index contributed by atoms with van der Waals surface area (Å²) in [6.07, 6.45) is 1.17. The summed E-state index contributed by atoms with van der Waals surface area (Å²) in [5.41, 5.74) is 5.37. The number of ether oxygens (including phenoxy) is 1. The van der Waals surface area contributed by atoms with Crippen LogP contribution < -0.4 is 15.8 Å². The lowest BCUT2D eigenvalue weighted by Gasteiger charge is -2.31. The number of amides is 2. The minimum atomic E-state index is -0.405. The predicted molar refractivity (Wildman–Crippen MR) is 78.8 cm³/mol. The van der Waals surface area contributed by atoms with Crippen LogP contribution in [0.15, 0.2) is 30.3 Å². The molecule has 1 aromatic carbocycles. The molecule has 0 spiro atoms. The van der Waals surface area contributed by atoms with Crippen LogP contribution in [0, 0.1) is 5.92 Å². The summed E-state index contributed by atoms with van der Waals surface area (Å²) in [6.45, 7) is 1.89. The molecule has 21 heavy (non-hydrogen) atoms. The first-order chi connectivity index (χ1) is 10.2. The fraction of sp³-hybridized carbons (Fsp3) is 0.467. The van der Waals surface area contributed by atoms with Crippen LogP contribution >= 0.6 is 0 Å². The maximum atomic E-state index is 12.1. The minimum Gasteiger partial charge on any atom is -0.410 e. The Morgan fingerprint density at radius 2 is 2.10 bits per heavy atom. The maximum absolute atomic E-state index is 12.1. The first kappa shape index (κ1) is 15.3. The summed E-state index contributed by atoms with van der Waals surface area (Å²) < 4.78 is 5.30. The van der Waals surface area contributed by atoms with Gasteiger partial charge < -0.3 is 20.7 Å². The fourth-order valence-corrected chi connectivity index (χ4v) is 2.35. The van der Waals surface area contributed by atoms with Gasteiger partial charge in [0.1, 0.15) is 5.75 Å². The van der Waals surface area contributed by atoms with Crippen LogP contribution in [-0.4, -0.2) is 43.1 Å². The summed E-state index contributed by atoms with van der Waals surface area (Å²) >= 11 is 0. The van der Waals surface area contributed by atoms with Crippen molar-refractivity contribution >= 4 is 12.0 Å². The van der Waals surface area contributed by atoms with Gasteiger partial charge in [0, 0.05) is 26.2 Å². The number of para-hydroxylation sites is 1. The third kappa shape index (κ3) is 4.46. The number of nitrogens with two attached hydrogens (primary N) is 1. The summed E-state index contributed by atoms with van der Waals surface area (Å²) in [6, 6.07) is 8.93. The third-order valence-electron chi connectivity index (χ3n) is 3.44. The Morgan fingerprint density at radius 3 is 2.81 bits per heavy atom. The van der Waals surface area contributed by atoms with Crippen molar-refractivity contribution in [3.8, 4) is 5.75 Å². The Morgan fingerprint density at radius 1 is 1.33 bits per heavy atom. The molecule has 1 atom stereocenters. The van der Waals surface area contributed by atoms with E-state index in [0.29, 0.717) is 31.9 Å². The molecule has 1 heterocycles. The zero-order valence-corrected chi connectivity index (χ0v) is 12.0. The lowest BCUT2D eigenvalue weighted by molar-refractivity contribution is -0.126. The van der Waals surface area contributed by atoms with Crippen LogP contribution in [0.2, 0.25) is 0 Å². The zero-order valence-electron chi connectivity index (χ0n) is 12.0. The topological polar surface area (TPSA) is 84.7 Å². The van der Waals surface area contributed by atoms with Gasteiger partial charge in [0.25, 0.3) is 0 Å². The van der Waals surface area contributed by atoms with Gasteiger partial charge >= 0.3 is 6.09 Å². The van der Waals surface area contributed by atoms with E-state index in [9.17, 15) is 9.59 Å². The highest BCUT2D eigenvalue weighted by Crippen LogP contribution is 2.18. The molecule has 0 aliphatic carbocycles. The van der Waals surface area contributed by atoms with E-state index < -0.39 is 6.09 Å². The second kappa shape index (κ2) is 7.64. The Bertz CT molecular complexity index is 478. The lowest BCUT2D eigenvalue weighted by atomic mass is 9.97. The highest BCUT2D eigenvalue weighted by atomic mass is 16.6.